The zero-order chi connectivity index (χ0) is 14.8. The Morgan fingerprint density at radius 1 is 1.35 bits per heavy atom. The second-order valence-electron chi connectivity index (χ2n) is 4.14. The van der Waals surface area contributed by atoms with E-state index < -0.39 is 10.0 Å². The van der Waals surface area contributed by atoms with E-state index in [1.54, 1.807) is 25.2 Å². The van der Waals surface area contributed by atoms with Gasteiger partial charge in [-0.25, -0.2) is 4.98 Å². The fourth-order valence-corrected chi connectivity index (χ4v) is 2.64. The van der Waals surface area contributed by atoms with E-state index in [0.717, 1.165) is 0 Å². The molecule has 8 heteroatoms. The molecule has 2 N–H and O–H groups in total. The fourth-order valence-electron chi connectivity index (χ4n) is 1.60. The number of imidazole rings is 1. The van der Waals surface area contributed by atoms with Crippen LogP contribution in [0.15, 0.2) is 41.8 Å². The van der Waals surface area contributed by atoms with Crippen LogP contribution in [0.1, 0.15) is 10.4 Å². The number of sulfonamides is 1. The first-order chi connectivity index (χ1) is 9.42. The lowest BCUT2D eigenvalue weighted by Gasteiger charge is -2.07. The molecule has 1 aromatic carbocycles. The van der Waals surface area contributed by atoms with Crippen molar-refractivity contribution in [2.24, 2.45) is 7.05 Å². The predicted molar refractivity (Wildman–Crippen MR) is 73.8 cm³/mol. The van der Waals surface area contributed by atoms with Crippen molar-refractivity contribution in [2.75, 3.05) is 11.8 Å². The Bertz CT molecular complexity index is 737. The number of nitrogens with zero attached hydrogens (tertiary/aromatic N) is 2. The molecule has 20 heavy (non-hydrogen) atoms. The van der Waals surface area contributed by atoms with Gasteiger partial charge in [0.15, 0.2) is 5.03 Å². The van der Waals surface area contributed by atoms with Crippen LogP contribution in [0.3, 0.4) is 0 Å². The van der Waals surface area contributed by atoms with Gasteiger partial charge in [0, 0.05) is 31.5 Å². The van der Waals surface area contributed by atoms with Crippen LogP contribution < -0.4 is 10.0 Å². The monoisotopic (exact) mass is 294 g/mol. The van der Waals surface area contributed by atoms with Crippen LogP contribution in [-0.2, 0) is 17.1 Å². The van der Waals surface area contributed by atoms with Crippen molar-refractivity contribution < 1.29 is 13.2 Å². The van der Waals surface area contributed by atoms with Gasteiger partial charge in [-0.05, 0) is 18.2 Å². The molecule has 0 aliphatic heterocycles. The first-order valence-corrected chi connectivity index (χ1v) is 7.23. The molecule has 106 valence electrons. The molecule has 0 aliphatic rings. The maximum Gasteiger partial charge on any atom is 0.280 e. The molecule has 0 unspecified atom stereocenters. The van der Waals surface area contributed by atoms with Crippen molar-refractivity contribution in [3.8, 4) is 0 Å². The summed E-state index contributed by atoms with van der Waals surface area (Å²) in [6.07, 6.45) is 2.79. The summed E-state index contributed by atoms with van der Waals surface area (Å²) >= 11 is 0. The summed E-state index contributed by atoms with van der Waals surface area (Å²) in [6, 6.07) is 6.21. The van der Waals surface area contributed by atoms with Gasteiger partial charge in [0.05, 0.1) is 6.33 Å². The summed E-state index contributed by atoms with van der Waals surface area (Å²) in [5, 5.41) is 2.40. The molecule has 2 aromatic rings. The standard InChI is InChI=1S/C12H14N4O3S/c1-13-12(17)9-4-3-5-10(6-9)15-20(18,19)11-7-16(2)8-14-11/h3-8,15H,1-2H3,(H,13,17). The lowest BCUT2D eigenvalue weighted by molar-refractivity contribution is 0.0963. The van der Waals surface area contributed by atoms with Crippen molar-refractivity contribution in [1.29, 1.82) is 0 Å². The molecule has 0 spiro atoms. The maximum absolute atomic E-state index is 12.1. The van der Waals surface area contributed by atoms with Crippen LogP contribution in [0.5, 0.6) is 0 Å². The normalized spacial score (nSPS) is 11.1. The van der Waals surface area contributed by atoms with Crippen LogP contribution in [-0.4, -0.2) is 30.9 Å². The number of amides is 1. The number of carbonyl (C=O) groups is 1. The summed E-state index contributed by atoms with van der Waals surface area (Å²) < 4.78 is 28.1. The van der Waals surface area contributed by atoms with Gasteiger partial charge in [-0.1, -0.05) is 6.07 Å². The van der Waals surface area contributed by atoms with Crippen LogP contribution >= 0.6 is 0 Å². The molecule has 0 saturated heterocycles. The summed E-state index contributed by atoms with van der Waals surface area (Å²) in [5.74, 6) is -0.288. The Hall–Kier alpha value is -2.35. The van der Waals surface area contributed by atoms with Gasteiger partial charge in [-0.3, -0.25) is 9.52 Å². The van der Waals surface area contributed by atoms with Gasteiger partial charge in [-0.15, -0.1) is 0 Å². The number of benzene rings is 1. The van der Waals surface area contributed by atoms with E-state index in [1.807, 2.05) is 0 Å². The number of hydrogen-bond donors (Lipinski definition) is 2. The Morgan fingerprint density at radius 2 is 2.10 bits per heavy atom. The van der Waals surface area contributed by atoms with E-state index in [4.69, 9.17) is 0 Å². The molecule has 0 bridgehead atoms. The first kappa shape index (κ1) is 14.1. The average molecular weight is 294 g/mol. The Labute approximate surface area is 116 Å². The molecule has 0 aliphatic carbocycles. The highest BCUT2D eigenvalue weighted by molar-refractivity contribution is 7.92. The number of aromatic nitrogens is 2. The molecule has 1 amide bonds. The summed E-state index contributed by atoms with van der Waals surface area (Å²) in [5.41, 5.74) is 0.672. The predicted octanol–water partition coefficient (Wildman–Crippen LogP) is 0.580. The van der Waals surface area contributed by atoms with Gasteiger partial charge in [0.1, 0.15) is 0 Å². The zero-order valence-corrected chi connectivity index (χ0v) is 11.8. The number of carbonyl (C=O) groups excluding carboxylic acids is 1. The van der Waals surface area contributed by atoms with Crippen LogP contribution in [0.4, 0.5) is 5.69 Å². The first-order valence-electron chi connectivity index (χ1n) is 5.75. The number of rotatable bonds is 4. The second kappa shape index (κ2) is 5.33. The largest absolute Gasteiger partial charge is 0.355 e. The van der Waals surface area contributed by atoms with Crippen molar-refractivity contribution >= 4 is 21.6 Å². The highest BCUT2D eigenvalue weighted by Gasteiger charge is 2.17. The number of anilines is 1. The molecule has 0 atom stereocenters. The number of hydrogen-bond acceptors (Lipinski definition) is 4. The lowest BCUT2D eigenvalue weighted by atomic mass is 10.2. The van der Waals surface area contributed by atoms with Gasteiger partial charge in [0.25, 0.3) is 15.9 Å². The Morgan fingerprint density at radius 3 is 2.70 bits per heavy atom. The molecule has 0 saturated carbocycles. The van der Waals surface area contributed by atoms with Gasteiger partial charge >= 0.3 is 0 Å². The third kappa shape index (κ3) is 2.97. The minimum atomic E-state index is -3.76. The molecular weight excluding hydrogens is 280 g/mol. The summed E-state index contributed by atoms with van der Waals surface area (Å²) in [4.78, 5) is 15.3. The van der Waals surface area contributed by atoms with Crippen molar-refractivity contribution in [3.63, 3.8) is 0 Å². The van der Waals surface area contributed by atoms with Crippen molar-refractivity contribution in [1.82, 2.24) is 14.9 Å². The quantitative estimate of drug-likeness (QED) is 0.862. The van der Waals surface area contributed by atoms with E-state index in [2.05, 4.69) is 15.0 Å². The topological polar surface area (TPSA) is 93.1 Å². The average Bonchev–Trinajstić information content (AvgIpc) is 2.85. The lowest BCUT2D eigenvalue weighted by Crippen LogP contribution is -2.18. The Kier molecular flexibility index (Phi) is 3.75. The van der Waals surface area contributed by atoms with Crippen molar-refractivity contribution in [3.05, 3.63) is 42.4 Å². The highest BCUT2D eigenvalue weighted by atomic mass is 32.2. The molecule has 0 fully saturated rings. The van der Waals surface area contributed by atoms with Gasteiger partial charge in [0.2, 0.25) is 0 Å². The maximum atomic E-state index is 12.1. The fraction of sp³-hybridized carbons (Fsp3) is 0.167. The van der Waals surface area contributed by atoms with Gasteiger partial charge in [-0.2, -0.15) is 8.42 Å². The zero-order valence-electron chi connectivity index (χ0n) is 11.0. The molecule has 1 aromatic heterocycles. The minimum absolute atomic E-state index is 0.0784. The van der Waals surface area contributed by atoms with E-state index in [1.165, 1.54) is 30.2 Å². The molecule has 2 rings (SSSR count). The van der Waals surface area contributed by atoms with Gasteiger partial charge < -0.3 is 9.88 Å². The van der Waals surface area contributed by atoms with E-state index >= 15 is 0 Å². The van der Waals surface area contributed by atoms with E-state index in [0.29, 0.717) is 11.3 Å². The molecule has 7 nitrogen and oxygen atoms in total. The molecule has 1 heterocycles. The van der Waals surface area contributed by atoms with Crippen LogP contribution in [0.25, 0.3) is 0 Å². The Balaban J connectivity index is 2.28. The molecular formula is C12H14N4O3S. The summed E-state index contributed by atoms with van der Waals surface area (Å²) in [6.45, 7) is 0. The highest BCUT2D eigenvalue weighted by Crippen LogP contribution is 2.15. The molecule has 0 radical (unpaired) electrons. The van der Waals surface area contributed by atoms with Crippen LogP contribution in [0, 0.1) is 0 Å². The van der Waals surface area contributed by atoms with Crippen LogP contribution in [0.2, 0.25) is 0 Å². The smallest absolute Gasteiger partial charge is 0.280 e. The SMILES string of the molecule is CNC(=O)c1cccc(NS(=O)(=O)c2cn(C)cn2)c1. The third-order valence-electron chi connectivity index (χ3n) is 2.56. The minimum Gasteiger partial charge on any atom is -0.355 e. The number of aryl methyl sites for hydroxylation is 1. The second-order valence-corrected chi connectivity index (χ2v) is 5.77. The van der Waals surface area contributed by atoms with Crippen molar-refractivity contribution in [2.45, 2.75) is 5.03 Å². The summed E-state index contributed by atoms with van der Waals surface area (Å²) in [7, 11) is -0.570. The number of nitrogens with one attached hydrogen (secondary N) is 2. The van der Waals surface area contributed by atoms with E-state index in [-0.39, 0.29) is 10.9 Å². The van der Waals surface area contributed by atoms with E-state index in [9.17, 15) is 13.2 Å². The third-order valence-corrected chi connectivity index (χ3v) is 3.83.